The largest absolute Gasteiger partial charge is 0.489 e. The van der Waals surface area contributed by atoms with E-state index in [1.165, 1.54) is 0 Å². The third kappa shape index (κ3) is 2.37. The normalized spacial score (nSPS) is 32.8. The van der Waals surface area contributed by atoms with Crippen molar-refractivity contribution in [3.8, 4) is 11.5 Å². The quantitative estimate of drug-likeness (QED) is 0.783. The summed E-state index contributed by atoms with van der Waals surface area (Å²) in [6.07, 6.45) is 4.30. The van der Waals surface area contributed by atoms with Crippen molar-refractivity contribution in [2.75, 3.05) is 13.9 Å². The Morgan fingerprint density at radius 2 is 2.16 bits per heavy atom. The number of ether oxygens (including phenoxy) is 4. The van der Waals surface area contributed by atoms with Gasteiger partial charge in [0, 0.05) is 24.5 Å². The number of carbonyl (C=O) groups excluding carboxylic acids is 1. The van der Waals surface area contributed by atoms with Crippen molar-refractivity contribution in [1.82, 2.24) is 0 Å². The van der Waals surface area contributed by atoms with E-state index in [4.69, 9.17) is 18.9 Å². The second-order valence-corrected chi connectivity index (χ2v) is 6.93. The van der Waals surface area contributed by atoms with E-state index in [1.807, 2.05) is 24.3 Å². The highest BCUT2D eigenvalue weighted by molar-refractivity contribution is 5.95. The van der Waals surface area contributed by atoms with Crippen molar-refractivity contribution in [2.45, 2.75) is 32.0 Å². The molecular weight excluding hydrogens is 320 g/mol. The zero-order valence-electron chi connectivity index (χ0n) is 14.5. The fourth-order valence-electron chi connectivity index (χ4n) is 4.26. The first-order valence-corrected chi connectivity index (χ1v) is 8.55. The van der Waals surface area contributed by atoms with E-state index in [1.54, 1.807) is 13.2 Å². The van der Waals surface area contributed by atoms with Gasteiger partial charge >= 0.3 is 0 Å². The van der Waals surface area contributed by atoms with Crippen molar-refractivity contribution >= 4 is 5.78 Å². The van der Waals surface area contributed by atoms with Crippen LogP contribution >= 0.6 is 0 Å². The Morgan fingerprint density at radius 3 is 2.92 bits per heavy atom. The Kier molecular flexibility index (Phi) is 3.84. The van der Waals surface area contributed by atoms with E-state index in [0.717, 1.165) is 29.2 Å². The van der Waals surface area contributed by atoms with E-state index in [2.05, 4.69) is 13.5 Å². The van der Waals surface area contributed by atoms with Gasteiger partial charge in [0.25, 0.3) is 0 Å². The van der Waals surface area contributed by atoms with Crippen molar-refractivity contribution in [2.24, 2.45) is 11.3 Å². The van der Waals surface area contributed by atoms with Crippen LogP contribution in [0, 0.1) is 11.3 Å². The van der Waals surface area contributed by atoms with Crippen molar-refractivity contribution < 1.29 is 23.7 Å². The van der Waals surface area contributed by atoms with Gasteiger partial charge in [-0.25, -0.2) is 0 Å². The van der Waals surface area contributed by atoms with Crippen LogP contribution in [-0.2, 0) is 14.3 Å². The summed E-state index contributed by atoms with van der Waals surface area (Å²) in [5.74, 6) is 2.38. The Labute approximate surface area is 147 Å². The number of ketones is 1. The van der Waals surface area contributed by atoms with Gasteiger partial charge in [-0.3, -0.25) is 4.79 Å². The minimum Gasteiger partial charge on any atom is -0.489 e. The van der Waals surface area contributed by atoms with Gasteiger partial charge in [-0.1, -0.05) is 19.1 Å². The molecule has 0 amide bonds. The van der Waals surface area contributed by atoms with Crippen LogP contribution in [0.15, 0.2) is 42.7 Å². The molecule has 25 heavy (non-hydrogen) atoms. The first kappa shape index (κ1) is 16.2. The second-order valence-electron chi connectivity index (χ2n) is 6.93. The number of rotatable bonds is 4. The monoisotopic (exact) mass is 342 g/mol. The lowest BCUT2D eigenvalue weighted by Gasteiger charge is -2.37. The maximum absolute atomic E-state index is 12.3. The van der Waals surface area contributed by atoms with Gasteiger partial charge in [0.05, 0.1) is 0 Å². The van der Waals surface area contributed by atoms with Gasteiger partial charge in [-0.05, 0) is 30.5 Å². The smallest absolute Gasteiger partial charge is 0.231 e. The highest BCUT2D eigenvalue weighted by Crippen LogP contribution is 2.59. The molecule has 1 fully saturated rings. The Morgan fingerprint density at radius 1 is 1.36 bits per heavy atom. The summed E-state index contributed by atoms with van der Waals surface area (Å²) >= 11 is 0. The van der Waals surface area contributed by atoms with E-state index in [9.17, 15) is 4.79 Å². The van der Waals surface area contributed by atoms with Crippen LogP contribution in [0.25, 0.3) is 0 Å². The average molecular weight is 342 g/mol. The molecule has 2 heterocycles. The topological polar surface area (TPSA) is 54.0 Å². The van der Waals surface area contributed by atoms with E-state index in [0.29, 0.717) is 6.42 Å². The van der Waals surface area contributed by atoms with Crippen molar-refractivity contribution in [3.05, 3.63) is 48.3 Å². The Hall–Kier alpha value is -2.27. The fourth-order valence-corrected chi connectivity index (χ4v) is 4.26. The van der Waals surface area contributed by atoms with Gasteiger partial charge in [-0.2, -0.15) is 0 Å². The summed E-state index contributed by atoms with van der Waals surface area (Å²) in [6, 6.07) is 5.88. The maximum atomic E-state index is 12.3. The number of carbonyl (C=O) groups is 1. The van der Waals surface area contributed by atoms with E-state index >= 15 is 0 Å². The van der Waals surface area contributed by atoms with Crippen LogP contribution in [0.2, 0.25) is 0 Å². The van der Waals surface area contributed by atoms with Crippen LogP contribution in [0.1, 0.15) is 31.4 Å². The van der Waals surface area contributed by atoms with Crippen molar-refractivity contribution in [3.63, 3.8) is 0 Å². The Bertz CT molecular complexity index is 752. The molecule has 5 nitrogen and oxygen atoms in total. The predicted molar refractivity (Wildman–Crippen MR) is 91.3 cm³/mol. The summed E-state index contributed by atoms with van der Waals surface area (Å²) in [6.45, 7) is 6.33. The van der Waals surface area contributed by atoms with Gasteiger partial charge < -0.3 is 18.9 Å². The first-order chi connectivity index (χ1) is 12.1. The third-order valence-electron chi connectivity index (χ3n) is 5.73. The molecule has 0 unspecified atom stereocenters. The van der Waals surface area contributed by atoms with E-state index in [-0.39, 0.29) is 30.0 Å². The molecular formula is C20H22O5. The van der Waals surface area contributed by atoms with Crippen LogP contribution < -0.4 is 9.47 Å². The van der Waals surface area contributed by atoms with Crippen LogP contribution in [0.3, 0.4) is 0 Å². The highest BCUT2D eigenvalue weighted by atomic mass is 16.7. The molecule has 132 valence electrons. The maximum Gasteiger partial charge on any atom is 0.231 e. The number of hydrogen-bond donors (Lipinski definition) is 0. The zero-order chi connectivity index (χ0) is 17.6. The molecule has 4 atom stereocenters. The van der Waals surface area contributed by atoms with Crippen molar-refractivity contribution in [1.29, 1.82) is 0 Å². The highest BCUT2D eigenvalue weighted by Gasteiger charge is 2.55. The van der Waals surface area contributed by atoms with Gasteiger partial charge in [0.2, 0.25) is 6.79 Å². The van der Waals surface area contributed by atoms with Gasteiger partial charge in [0.15, 0.2) is 17.3 Å². The van der Waals surface area contributed by atoms with Crippen LogP contribution in [0.5, 0.6) is 11.5 Å². The molecule has 5 heteroatoms. The number of fused-ring (bicyclic) bond motifs is 2. The predicted octanol–water partition coefficient (Wildman–Crippen LogP) is 3.56. The minimum absolute atomic E-state index is 0.0317. The lowest BCUT2D eigenvalue weighted by molar-refractivity contribution is -0.127. The number of allylic oxidation sites excluding steroid dienone is 2. The summed E-state index contributed by atoms with van der Waals surface area (Å²) in [5, 5.41) is 0. The molecule has 1 aliphatic carbocycles. The molecule has 4 rings (SSSR count). The zero-order valence-corrected chi connectivity index (χ0v) is 14.5. The molecule has 0 aromatic heterocycles. The van der Waals surface area contributed by atoms with E-state index < -0.39 is 6.10 Å². The minimum atomic E-state index is -0.426. The average Bonchev–Trinajstić information content (AvgIpc) is 3.18. The molecule has 0 radical (unpaired) electrons. The lowest BCUT2D eigenvalue weighted by atomic mass is 9.65. The Balaban J connectivity index is 1.73. The number of benzene rings is 1. The standard InChI is InChI=1S/C20H22O5/c1-4-7-20-10-17(22-3)14(21)9-18(20)25-19(12(20)2)13-5-6-15-16(8-13)24-11-23-15/h4-6,8-9,12,17,19H,1,7,10-11H2,2-3H3/t12-,17+,19+,20+/m0/s1. The number of methoxy groups -OCH3 is 1. The molecule has 0 bridgehead atoms. The van der Waals surface area contributed by atoms with Crippen LogP contribution in [-0.4, -0.2) is 25.8 Å². The fraction of sp³-hybridized carbons (Fsp3) is 0.450. The molecule has 1 saturated heterocycles. The molecule has 3 aliphatic rings. The summed E-state index contributed by atoms with van der Waals surface area (Å²) in [5.41, 5.74) is 0.758. The second kappa shape index (κ2) is 5.92. The summed E-state index contributed by atoms with van der Waals surface area (Å²) in [4.78, 5) is 12.3. The molecule has 1 aromatic carbocycles. The summed E-state index contributed by atoms with van der Waals surface area (Å²) in [7, 11) is 1.58. The lowest BCUT2D eigenvalue weighted by Crippen LogP contribution is -2.39. The first-order valence-electron chi connectivity index (χ1n) is 8.55. The SMILES string of the molecule is C=CC[C@]12C[C@@H](OC)C(=O)C=C1O[C@@H](c1ccc3c(c1)OCO3)[C@@H]2C. The molecule has 0 saturated carbocycles. The molecule has 1 aromatic rings. The molecule has 2 aliphatic heterocycles. The molecule has 0 N–H and O–H groups in total. The molecule has 0 spiro atoms. The number of hydrogen-bond acceptors (Lipinski definition) is 5. The summed E-state index contributed by atoms with van der Waals surface area (Å²) < 4.78 is 22.6. The van der Waals surface area contributed by atoms with Gasteiger partial charge in [-0.15, -0.1) is 6.58 Å². The van der Waals surface area contributed by atoms with Gasteiger partial charge in [0.1, 0.15) is 18.0 Å². The third-order valence-corrected chi connectivity index (χ3v) is 5.73. The van der Waals surface area contributed by atoms with Crippen LogP contribution in [0.4, 0.5) is 0 Å².